The highest BCUT2D eigenvalue weighted by Crippen LogP contribution is 2.16. The van der Waals surface area contributed by atoms with Gasteiger partial charge in [-0.1, -0.05) is 0 Å². The van der Waals surface area contributed by atoms with Gasteiger partial charge >= 0.3 is 5.97 Å². The molecule has 0 aliphatic heterocycles. The fourth-order valence-electron chi connectivity index (χ4n) is 1.21. The van der Waals surface area contributed by atoms with Crippen LogP contribution in [0.1, 0.15) is 14.5 Å². The van der Waals surface area contributed by atoms with E-state index in [9.17, 15) is 4.79 Å². The highest BCUT2D eigenvalue weighted by Gasteiger charge is 2.09. The van der Waals surface area contributed by atoms with Gasteiger partial charge in [0.2, 0.25) is 0 Å². The summed E-state index contributed by atoms with van der Waals surface area (Å²) in [4.78, 5) is 11.9. The molecule has 0 fully saturated rings. The van der Waals surface area contributed by atoms with Crippen molar-refractivity contribution in [2.45, 2.75) is 12.6 Å². The summed E-state index contributed by atoms with van der Waals surface area (Å²) in [5, 5.41) is 20.8. The molecule has 1 atom stereocenters. The Morgan fingerprint density at radius 2 is 2.38 bits per heavy atom. The Labute approximate surface area is 97.7 Å². The van der Waals surface area contributed by atoms with Gasteiger partial charge in [-0.05, 0) is 12.1 Å². The summed E-state index contributed by atoms with van der Waals surface area (Å²) in [6.45, 7) is 0.950. The first-order valence-electron chi connectivity index (χ1n) is 4.82. The van der Waals surface area contributed by atoms with Crippen molar-refractivity contribution in [1.29, 1.82) is 0 Å². The summed E-state index contributed by atoms with van der Waals surface area (Å²) in [7, 11) is 1.57. The average Bonchev–Trinajstić information content (AvgIpc) is 2.73. The molecule has 0 aliphatic rings. The fourth-order valence-corrected chi connectivity index (χ4v) is 2.01. The van der Waals surface area contributed by atoms with Crippen molar-refractivity contribution in [3.8, 4) is 0 Å². The predicted octanol–water partition coefficient (Wildman–Crippen LogP) is 0.543. The zero-order chi connectivity index (χ0) is 12.0. The Balaban J connectivity index is 2.44. The van der Waals surface area contributed by atoms with Gasteiger partial charge in [-0.2, -0.15) is 0 Å². The third-order valence-corrected chi connectivity index (χ3v) is 3.10. The molecule has 6 heteroatoms. The zero-order valence-corrected chi connectivity index (χ0v) is 9.79. The normalized spacial score (nSPS) is 12.6. The van der Waals surface area contributed by atoms with E-state index in [0.717, 1.165) is 4.88 Å². The highest BCUT2D eigenvalue weighted by atomic mass is 32.1. The van der Waals surface area contributed by atoms with Crippen LogP contribution in [0.15, 0.2) is 12.1 Å². The van der Waals surface area contributed by atoms with Gasteiger partial charge in [-0.3, -0.25) is 0 Å². The molecule has 1 aromatic heterocycles. The second-order valence-electron chi connectivity index (χ2n) is 3.29. The first-order valence-corrected chi connectivity index (χ1v) is 5.64. The van der Waals surface area contributed by atoms with Crippen molar-refractivity contribution in [3.05, 3.63) is 21.9 Å². The lowest BCUT2D eigenvalue weighted by Gasteiger charge is -2.14. The van der Waals surface area contributed by atoms with Crippen LogP contribution in [0.3, 0.4) is 0 Å². The molecule has 0 radical (unpaired) electrons. The monoisotopic (exact) mass is 245 g/mol. The molecule has 0 saturated carbocycles. The smallest absolute Gasteiger partial charge is 0.345 e. The minimum absolute atomic E-state index is 0.00893. The Kier molecular flexibility index (Phi) is 5.41. The SMILES string of the molecule is COCC(CO)NCc1ccc(C(=O)O)s1. The molecule has 0 amide bonds. The molecule has 0 bridgehead atoms. The number of nitrogens with one attached hydrogen (secondary N) is 1. The van der Waals surface area contributed by atoms with Gasteiger partial charge in [0.1, 0.15) is 4.88 Å². The lowest BCUT2D eigenvalue weighted by Crippen LogP contribution is -2.35. The van der Waals surface area contributed by atoms with E-state index >= 15 is 0 Å². The number of hydrogen-bond donors (Lipinski definition) is 3. The molecule has 16 heavy (non-hydrogen) atoms. The standard InChI is InChI=1S/C10H15NO4S/c1-15-6-7(5-12)11-4-8-2-3-9(16-8)10(13)14/h2-3,7,11-12H,4-6H2,1H3,(H,13,14). The number of thiophene rings is 1. The number of ether oxygens (including phenoxy) is 1. The van der Waals surface area contributed by atoms with Crippen molar-refractivity contribution in [2.24, 2.45) is 0 Å². The number of rotatable bonds is 7. The molecule has 90 valence electrons. The largest absolute Gasteiger partial charge is 0.477 e. The minimum atomic E-state index is -0.910. The van der Waals surface area contributed by atoms with Crippen LogP contribution in [0.2, 0.25) is 0 Å². The first kappa shape index (κ1) is 13.1. The average molecular weight is 245 g/mol. The molecule has 0 spiro atoms. The van der Waals surface area contributed by atoms with Crippen molar-refractivity contribution in [1.82, 2.24) is 5.32 Å². The molecule has 0 aromatic carbocycles. The van der Waals surface area contributed by atoms with Crippen LogP contribution in [0.25, 0.3) is 0 Å². The van der Waals surface area contributed by atoms with E-state index in [1.54, 1.807) is 19.2 Å². The van der Waals surface area contributed by atoms with Gasteiger partial charge in [0, 0.05) is 18.5 Å². The molecule has 1 unspecified atom stereocenters. The maximum atomic E-state index is 10.6. The van der Waals surface area contributed by atoms with Crippen molar-refractivity contribution >= 4 is 17.3 Å². The van der Waals surface area contributed by atoms with E-state index in [4.69, 9.17) is 14.9 Å². The second-order valence-corrected chi connectivity index (χ2v) is 4.46. The van der Waals surface area contributed by atoms with Crippen LogP contribution in [-0.4, -0.2) is 42.5 Å². The lowest BCUT2D eigenvalue weighted by atomic mass is 10.3. The summed E-state index contributed by atoms with van der Waals surface area (Å²) < 4.78 is 4.91. The molecule has 3 N–H and O–H groups in total. The number of carboxylic acid groups (broad SMARTS) is 1. The molecule has 5 nitrogen and oxygen atoms in total. The molecule has 1 heterocycles. The van der Waals surface area contributed by atoms with Crippen LogP contribution in [0.4, 0.5) is 0 Å². The van der Waals surface area contributed by atoms with E-state index in [1.807, 2.05) is 0 Å². The Hall–Kier alpha value is -0.950. The summed E-state index contributed by atoms with van der Waals surface area (Å²) >= 11 is 1.23. The predicted molar refractivity (Wildman–Crippen MR) is 60.9 cm³/mol. The topological polar surface area (TPSA) is 78.8 Å². The molecule has 0 saturated heterocycles. The third-order valence-electron chi connectivity index (χ3n) is 2.03. The van der Waals surface area contributed by atoms with Crippen LogP contribution < -0.4 is 5.32 Å². The highest BCUT2D eigenvalue weighted by molar-refractivity contribution is 7.13. The summed E-state index contributed by atoms with van der Waals surface area (Å²) in [5.41, 5.74) is 0. The van der Waals surface area contributed by atoms with E-state index < -0.39 is 5.97 Å². The van der Waals surface area contributed by atoms with Gasteiger partial charge in [0.15, 0.2) is 0 Å². The van der Waals surface area contributed by atoms with Crippen LogP contribution in [-0.2, 0) is 11.3 Å². The van der Waals surface area contributed by atoms with Gasteiger partial charge in [-0.15, -0.1) is 11.3 Å². The molecule has 0 aliphatic carbocycles. The summed E-state index contributed by atoms with van der Waals surface area (Å²) in [6, 6.07) is 3.22. The summed E-state index contributed by atoms with van der Waals surface area (Å²) in [6.07, 6.45) is 0. The van der Waals surface area contributed by atoms with Gasteiger partial charge in [0.25, 0.3) is 0 Å². The van der Waals surface area contributed by atoms with E-state index in [2.05, 4.69) is 5.32 Å². The van der Waals surface area contributed by atoms with E-state index in [-0.39, 0.29) is 12.6 Å². The van der Waals surface area contributed by atoms with E-state index in [0.29, 0.717) is 18.0 Å². The van der Waals surface area contributed by atoms with Crippen LogP contribution in [0.5, 0.6) is 0 Å². The third kappa shape index (κ3) is 3.90. The number of aliphatic hydroxyl groups excluding tert-OH is 1. The molecule has 1 aromatic rings. The van der Waals surface area contributed by atoms with Crippen LogP contribution >= 0.6 is 11.3 Å². The van der Waals surface area contributed by atoms with Crippen LogP contribution in [0, 0.1) is 0 Å². The number of carboxylic acids is 1. The zero-order valence-electron chi connectivity index (χ0n) is 8.97. The Bertz CT molecular complexity index is 339. The number of aliphatic hydroxyl groups is 1. The van der Waals surface area contributed by atoms with Gasteiger partial charge < -0.3 is 20.3 Å². The van der Waals surface area contributed by atoms with Crippen molar-refractivity contribution in [3.63, 3.8) is 0 Å². The maximum absolute atomic E-state index is 10.6. The maximum Gasteiger partial charge on any atom is 0.345 e. The van der Waals surface area contributed by atoms with Gasteiger partial charge in [0.05, 0.1) is 19.3 Å². The Morgan fingerprint density at radius 1 is 1.62 bits per heavy atom. The van der Waals surface area contributed by atoms with E-state index in [1.165, 1.54) is 11.3 Å². The fraction of sp³-hybridized carbons (Fsp3) is 0.500. The summed E-state index contributed by atoms with van der Waals surface area (Å²) in [5.74, 6) is -0.910. The van der Waals surface area contributed by atoms with Crippen molar-refractivity contribution in [2.75, 3.05) is 20.3 Å². The van der Waals surface area contributed by atoms with Crippen molar-refractivity contribution < 1.29 is 19.7 Å². The number of methoxy groups -OCH3 is 1. The second kappa shape index (κ2) is 6.59. The molecular formula is C10H15NO4S. The molecular weight excluding hydrogens is 230 g/mol. The van der Waals surface area contributed by atoms with Gasteiger partial charge in [-0.25, -0.2) is 4.79 Å². The lowest BCUT2D eigenvalue weighted by molar-refractivity contribution is 0.0702. The Morgan fingerprint density at radius 3 is 2.88 bits per heavy atom. The minimum Gasteiger partial charge on any atom is -0.477 e. The molecule has 1 rings (SSSR count). The quantitative estimate of drug-likeness (QED) is 0.653. The first-order chi connectivity index (χ1) is 7.67. The number of carbonyl (C=O) groups is 1. The number of aromatic carboxylic acids is 1. The number of hydrogen-bond acceptors (Lipinski definition) is 5.